The van der Waals surface area contributed by atoms with Crippen LogP contribution in [0.2, 0.25) is 0 Å². The van der Waals surface area contributed by atoms with E-state index < -0.39 is 11.6 Å². The van der Waals surface area contributed by atoms with Crippen LogP contribution in [0.15, 0.2) is 19.8 Å². The second-order valence-corrected chi connectivity index (χ2v) is 3.83. The van der Waals surface area contributed by atoms with E-state index in [4.69, 9.17) is 10.5 Å². The van der Waals surface area contributed by atoms with Crippen molar-refractivity contribution >= 4 is 17.6 Å². The minimum Gasteiger partial charge on any atom is -0.466 e. The summed E-state index contributed by atoms with van der Waals surface area (Å²) in [5, 5.41) is 14.7. The number of hydrogen-bond acceptors (Lipinski definition) is 9. The second kappa shape index (κ2) is 4.51. The lowest BCUT2D eigenvalue weighted by molar-refractivity contribution is -0.144. The molecule has 0 radical (unpaired) electrons. The average Bonchev–Trinajstić information content (AvgIpc) is 2.85. The Hall–Kier alpha value is -2.32. The largest absolute Gasteiger partial charge is 0.466 e. The number of rotatable bonds is 4. The van der Waals surface area contributed by atoms with Crippen molar-refractivity contribution < 1.29 is 14.2 Å². The summed E-state index contributed by atoms with van der Waals surface area (Å²) in [5.41, 5.74) is 4.74. The van der Waals surface area contributed by atoms with Crippen molar-refractivity contribution in [3.05, 3.63) is 5.69 Å². The molecule has 1 aliphatic rings. The molecule has 2 N–H and O–H groups in total. The number of carbonyl (C=O) groups excluding carboxylic acids is 1. The third-order valence-corrected chi connectivity index (χ3v) is 2.22. The fraction of sp³-hybridized carbons (Fsp3) is 0.556. The van der Waals surface area contributed by atoms with Crippen molar-refractivity contribution in [3.8, 4) is 0 Å². The summed E-state index contributed by atoms with van der Waals surface area (Å²) >= 11 is 0. The van der Waals surface area contributed by atoms with Crippen LogP contribution in [0.25, 0.3) is 0 Å². The predicted octanol–water partition coefficient (Wildman–Crippen LogP) is 0.534. The van der Waals surface area contributed by atoms with Crippen LogP contribution in [0.5, 0.6) is 0 Å². The van der Waals surface area contributed by atoms with E-state index in [2.05, 4.69) is 30.2 Å². The maximum atomic E-state index is 11.4. The number of nitrogens with two attached hydrogens (primary N) is 1. The van der Waals surface area contributed by atoms with Crippen LogP contribution in [0.3, 0.4) is 0 Å². The van der Waals surface area contributed by atoms with E-state index in [9.17, 15) is 4.79 Å². The standard InChI is InChI=1S/C9H12N6O3/c1-3-17-5(16)4-9(2)11-8(12-15-9)6-7(10)14-18-13-6/h3-4H2,1-2H3,(H2,10,14). The molecule has 2 heterocycles. The Bertz CT molecular complexity index is 522. The van der Waals surface area contributed by atoms with Gasteiger partial charge < -0.3 is 10.5 Å². The summed E-state index contributed by atoms with van der Waals surface area (Å²) in [6, 6.07) is 0. The van der Waals surface area contributed by atoms with Crippen LogP contribution in [0, 0.1) is 0 Å². The number of aliphatic imine (C=N–C) groups is 1. The van der Waals surface area contributed by atoms with Crippen LogP contribution in [0.4, 0.5) is 5.82 Å². The quantitative estimate of drug-likeness (QED) is 0.778. The SMILES string of the molecule is CCOC(=O)CC1(C)N=NC(c2nonc2N)=N1. The molecule has 0 spiro atoms. The number of amidine groups is 1. The molecule has 96 valence electrons. The first-order valence-electron chi connectivity index (χ1n) is 5.31. The normalized spacial score (nSPS) is 22.0. The zero-order valence-electron chi connectivity index (χ0n) is 9.95. The van der Waals surface area contributed by atoms with E-state index in [0.717, 1.165) is 0 Å². The number of ether oxygens (including phenoxy) is 1. The maximum absolute atomic E-state index is 11.4. The van der Waals surface area contributed by atoms with Crippen LogP contribution in [0.1, 0.15) is 26.0 Å². The van der Waals surface area contributed by atoms with Crippen molar-refractivity contribution in [1.29, 1.82) is 0 Å². The van der Waals surface area contributed by atoms with E-state index in [0.29, 0.717) is 6.61 Å². The van der Waals surface area contributed by atoms with Crippen molar-refractivity contribution in [2.24, 2.45) is 15.2 Å². The van der Waals surface area contributed by atoms with Crippen LogP contribution >= 0.6 is 0 Å². The number of anilines is 1. The van der Waals surface area contributed by atoms with Crippen LogP contribution in [-0.4, -0.2) is 34.4 Å². The summed E-state index contributed by atoms with van der Waals surface area (Å²) in [5.74, 6) is -0.121. The Balaban J connectivity index is 2.15. The highest BCUT2D eigenvalue weighted by molar-refractivity contribution is 6.01. The van der Waals surface area contributed by atoms with Gasteiger partial charge in [0.2, 0.25) is 5.84 Å². The predicted molar refractivity (Wildman–Crippen MR) is 59.8 cm³/mol. The molecule has 0 saturated heterocycles. The van der Waals surface area contributed by atoms with Gasteiger partial charge in [0.1, 0.15) is 0 Å². The smallest absolute Gasteiger partial charge is 0.310 e. The zero-order chi connectivity index (χ0) is 13.2. The highest BCUT2D eigenvalue weighted by Crippen LogP contribution is 2.26. The molecule has 1 aliphatic heterocycles. The first-order chi connectivity index (χ1) is 8.54. The van der Waals surface area contributed by atoms with Crippen molar-refractivity contribution in [2.45, 2.75) is 25.9 Å². The molecular weight excluding hydrogens is 240 g/mol. The van der Waals surface area contributed by atoms with Gasteiger partial charge >= 0.3 is 5.97 Å². The summed E-state index contributed by atoms with van der Waals surface area (Å²) in [6.45, 7) is 3.69. The third kappa shape index (κ3) is 2.34. The molecule has 18 heavy (non-hydrogen) atoms. The van der Waals surface area contributed by atoms with Crippen molar-refractivity contribution in [1.82, 2.24) is 10.3 Å². The minimum atomic E-state index is -0.993. The number of hydrogen-bond donors (Lipinski definition) is 1. The van der Waals surface area contributed by atoms with Gasteiger partial charge in [-0.2, -0.15) is 5.11 Å². The van der Waals surface area contributed by atoms with Crippen molar-refractivity contribution in [3.63, 3.8) is 0 Å². The molecule has 2 rings (SSSR count). The average molecular weight is 252 g/mol. The molecule has 0 aromatic carbocycles. The van der Waals surface area contributed by atoms with E-state index in [1.807, 2.05) is 0 Å². The molecule has 0 saturated carbocycles. The fourth-order valence-electron chi connectivity index (χ4n) is 1.44. The molecule has 0 fully saturated rings. The lowest BCUT2D eigenvalue weighted by Crippen LogP contribution is -2.23. The maximum Gasteiger partial charge on any atom is 0.310 e. The Morgan fingerprint density at radius 1 is 1.50 bits per heavy atom. The number of nitrogens with zero attached hydrogens (tertiary/aromatic N) is 5. The number of azo groups is 1. The summed E-state index contributed by atoms with van der Waals surface area (Å²) < 4.78 is 9.28. The number of esters is 1. The summed E-state index contributed by atoms with van der Waals surface area (Å²) in [4.78, 5) is 15.6. The number of nitrogen functional groups attached to an aromatic ring is 1. The van der Waals surface area contributed by atoms with Gasteiger partial charge in [-0.05, 0) is 24.2 Å². The molecule has 9 heteroatoms. The minimum absolute atomic E-state index is 0.000967. The van der Waals surface area contributed by atoms with Crippen molar-refractivity contribution in [2.75, 3.05) is 12.3 Å². The molecule has 1 unspecified atom stereocenters. The van der Waals surface area contributed by atoms with E-state index in [-0.39, 0.29) is 23.8 Å². The Labute approximate surface area is 102 Å². The van der Waals surface area contributed by atoms with Gasteiger partial charge in [0.15, 0.2) is 17.2 Å². The second-order valence-electron chi connectivity index (χ2n) is 3.83. The first-order valence-corrected chi connectivity index (χ1v) is 5.31. The Kier molecular flexibility index (Phi) is 3.04. The third-order valence-electron chi connectivity index (χ3n) is 2.22. The monoisotopic (exact) mass is 252 g/mol. The summed E-state index contributed by atoms with van der Waals surface area (Å²) in [7, 11) is 0. The fourth-order valence-corrected chi connectivity index (χ4v) is 1.44. The lowest BCUT2D eigenvalue weighted by Gasteiger charge is -2.13. The van der Waals surface area contributed by atoms with E-state index in [1.165, 1.54) is 0 Å². The number of aromatic nitrogens is 2. The molecule has 0 bridgehead atoms. The lowest BCUT2D eigenvalue weighted by atomic mass is 10.1. The first kappa shape index (κ1) is 12.1. The molecular formula is C9H12N6O3. The van der Waals surface area contributed by atoms with Crippen LogP contribution in [-0.2, 0) is 9.53 Å². The highest BCUT2D eigenvalue weighted by Gasteiger charge is 2.34. The van der Waals surface area contributed by atoms with Gasteiger partial charge in [-0.15, -0.1) is 5.11 Å². The van der Waals surface area contributed by atoms with Gasteiger partial charge in [-0.25, -0.2) is 9.62 Å². The molecule has 1 aromatic heterocycles. The highest BCUT2D eigenvalue weighted by atomic mass is 16.6. The van der Waals surface area contributed by atoms with Gasteiger partial charge in [-0.1, -0.05) is 0 Å². The van der Waals surface area contributed by atoms with Gasteiger partial charge in [-0.3, -0.25) is 4.79 Å². The molecule has 0 aliphatic carbocycles. The zero-order valence-corrected chi connectivity index (χ0v) is 9.95. The van der Waals surface area contributed by atoms with Gasteiger partial charge in [0.05, 0.1) is 13.0 Å². The van der Waals surface area contributed by atoms with Crippen LogP contribution < -0.4 is 5.73 Å². The molecule has 1 aromatic rings. The molecule has 9 nitrogen and oxygen atoms in total. The van der Waals surface area contributed by atoms with E-state index in [1.54, 1.807) is 13.8 Å². The van der Waals surface area contributed by atoms with Gasteiger partial charge in [0.25, 0.3) is 0 Å². The number of carbonyl (C=O) groups is 1. The van der Waals surface area contributed by atoms with Gasteiger partial charge in [0, 0.05) is 0 Å². The molecule has 1 atom stereocenters. The topological polar surface area (TPSA) is 128 Å². The van der Waals surface area contributed by atoms with E-state index >= 15 is 0 Å². The summed E-state index contributed by atoms with van der Waals surface area (Å²) in [6.07, 6.45) is -0.000967. The Morgan fingerprint density at radius 2 is 2.28 bits per heavy atom. The Morgan fingerprint density at radius 3 is 2.89 bits per heavy atom. The molecule has 0 amide bonds.